The first-order valence-corrected chi connectivity index (χ1v) is 6.86. The molecule has 4 nitrogen and oxygen atoms in total. The van der Waals surface area contributed by atoms with Crippen LogP contribution in [0.3, 0.4) is 0 Å². The monoisotopic (exact) mass is 322 g/mol. The highest BCUT2D eigenvalue weighted by Crippen LogP contribution is 2.17. The fraction of sp³-hybridized carbons (Fsp3) is 0.286. The van der Waals surface area contributed by atoms with Crippen LogP contribution in [0, 0.1) is 0 Å². The molecule has 0 aliphatic rings. The lowest BCUT2D eigenvalue weighted by Gasteiger charge is -2.14. The summed E-state index contributed by atoms with van der Waals surface area (Å²) in [7, 11) is 0. The molecule has 0 aliphatic carbocycles. The van der Waals surface area contributed by atoms with Gasteiger partial charge in [0.05, 0.1) is 12.1 Å². The molecule has 0 aliphatic heterocycles. The van der Waals surface area contributed by atoms with Gasteiger partial charge in [0, 0.05) is 16.6 Å². The molecule has 0 unspecified atom stereocenters. The van der Waals surface area contributed by atoms with E-state index >= 15 is 0 Å². The summed E-state index contributed by atoms with van der Waals surface area (Å²) in [5.41, 5.74) is 1.82. The van der Waals surface area contributed by atoms with Crippen LogP contribution in [0.4, 0.5) is 0 Å². The Balaban J connectivity index is 1.86. The second-order valence-electron chi connectivity index (χ2n) is 4.43. The predicted molar refractivity (Wildman–Crippen MR) is 75.7 cm³/mol. The van der Waals surface area contributed by atoms with Gasteiger partial charge in [0.25, 0.3) is 0 Å². The van der Waals surface area contributed by atoms with Crippen molar-refractivity contribution in [3.05, 3.63) is 52.3 Å². The molecule has 0 spiro atoms. The highest BCUT2D eigenvalue weighted by Gasteiger charge is 2.11. The first-order chi connectivity index (χ1) is 9.15. The van der Waals surface area contributed by atoms with Crippen LogP contribution in [0.25, 0.3) is 0 Å². The summed E-state index contributed by atoms with van der Waals surface area (Å²) in [5.74, 6) is -0.0477. The van der Waals surface area contributed by atoms with E-state index in [9.17, 15) is 4.79 Å². The van der Waals surface area contributed by atoms with E-state index in [0.717, 1.165) is 10.9 Å². The van der Waals surface area contributed by atoms with Crippen molar-refractivity contribution in [3.63, 3.8) is 0 Å². The predicted octanol–water partition coefficient (Wildman–Crippen LogP) is 2.73. The summed E-state index contributed by atoms with van der Waals surface area (Å²) in [6.45, 7) is 1.99. The molecular weight excluding hydrogens is 308 g/mol. The highest BCUT2D eigenvalue weighted by molar-refractivity contribution is 9.10. The number of amides is 1. The molecule has 1 heterocycles. The Labute approximate surface area is 120 Å². The maximum Gasteiger partial charge on any atom is 0.226 e. The van der Waals surface area contributed by atoms with Gasteiger partial charge in [-0.25, -0.2) is 0 Å². The third-order valence-corrected chi connectivity index (χ3v) is 3.50. The fourth-order valence-corrected chi connectivity index (χ4v) is 2.31. The normalized spacial score (nSPS) is 12.1. The Kier molecular flexibility index (Phi) is 4.74. The second-order valence-corrected chi connectivity index (χ2v) is 5.29. The van der Waals surface area contributed by atoms with Gasteiger partial charge in [-0.3, -0.25) is 4.79 Å². The van der Waals surface area contributed by atoms with Crippen molar-refractivity contribution < 1.29 is 9.32 Å². The van der Waals surface area contributed by atoms with E-state index in [4.69, 9.17) is 4.52 Å². The van der Waals surface area contributed by atoms with Gasteiger partial charge in [-0.2, -0.15) is 0 Å². The van der Waals surface area contributed by atoms with Crippen LogP contribution in [0.15, 0.2) is 45.6 Å². The van der Waals surface area contributed by atoms with E-state index < -0.39 is 0 Å². The van der Waals surface area contributed by atoms with Crippen LogP contribution in [0.2, 0.25) is 0 Å². The van der Waals surface area contributed by atoms with Crippen molar-refractivity contribution >= 4 is 21.8 Å². The summed E-state index contributed by atoms with van der Waals surface area (Å²) in [6.07, 6.45) is 2.50. The summed E-state index contributed by atoms with van der Waals surface area (Å²) in [6, 6.07) is 9.77. The smallest absolute Gasteiger partial charge is 0.226 e. The summed E-state index contributed by atoms with van der Waals surface area (Å²) >= 11 is 3.50. The number of carbonyl (C=O) groups excluding carboxylic acids is 1. The molecule has 1 atom stereocenters. The lowest BCUT2D eigenvalue weighted by atomic mass is 10.1. The van der Waals surface area contributed by atoms with Gasteiger partial charge in [0.15, 0.2) is 0 Å². The van der Waals surface area contributed by atoms with E-state index in [1.165, 1.54) is 11.8 Å². The zero-order valence-corrected chi connectivity index (χ0v) is 12.2. The summed E-state index contributed by atoms with van der Waals surface area (Å²) in [5, 5.41) is 6.67. The van der Waals surface area contributed by atoms with E-state index in [2.05, 4.69) is 26.4 Å². The van der Waals surface area contributed by atoms with E-state index in [1.54, 1.807) is 6.07 Å². The van der Waals surface area contributed by atoms with Gasteiger partial charge in [-0.05, 0) is 25.0 Å². The molecule has 0 bridgehead atoms. The molecule has 1 aromatic heterocycles. The molecule has 2 rings (SSSR count). The van der Waals surface area contributed by atoms with E-state index in [1.807, 2.05) is 31.2 Å². The van der Waals surface area contributed by atoms with Crippen molar-refractivity contribution in [2.45, 2.75) is 25.8 Å². The Morgan fingerprint density at radius 1 is 1.42 bits per heavy atom. The van der Waals surface area contributed by atoms with Crippen molar-refractivity contribution in [1.29, 1.82) is 0 Å². The zero-order valence-electron chi connectivity index (χ0n) is 10.6. The molecule has 5 heteroatoms. The minimum absolute atomic E-state index is 0.0477. The number of rotatable bonds is 5. The lowest BCUT2D eigenvalue weighted by Crippen LogP contribution is -2.35. The molecule has 19 heavy (non-hydrogen) atoms. The third kappa shape index (κ3) is 4.21. The lowest BCUT2D eigenvalue weighted by molar-refractivity contribution is -0.121. The largest absolute Gasteiger partial charge is 0.364 e. The van der Waals surface area contributed by atoms with Gasteiger partial charge >= 0.3 is 0 Å². The first-order valence-electron chi connectivity index (χ1n) is 6.07. The Morgan fingerprint density at radius 3 is 2.89 bits per heavy atom. The minimum atomic E-state index is -0.0477. The number of nitrogens with zero attached hydrogens (tertiary/aromatic N) is 1. The molecule has 1 amide bonds. The minimum Gasteiger partial charge on any atom is -0.364 e. The number of halogens is 1. The first kappa shape index (κ1) is 13.8. The Morgan fingerprint density at radius 2 is 2.21 bits per heavy atom. The van der Waals surface area contributed by atoms with Crippen LogP contribution in [-0.2, 0) is 17.6 Å². The summed E-state index contributed by atoms with van der Waals surface area (Å²) < 4.78 is 5.76. The molecule has 0 saturated heterocycles. The molecule has 0 fully saturated rings. The average Bonchev–Trinajstić information content (AvgIpc) is 2.84. The van der Waals surface area contributed by atoms with Crippen LogP contribution < -0.4 is 5.32 Å². The van der Waals surface area contributed by atoms with Crippen molar-refractivity contribution in [2.75, 3.05) is 0 Å². The highest BCUT2D eigenvalue weighted by atomic mass is 79.9. The quantitative estimate of drug-likeness (QED) is 0.920. The van der Waals surface area contributed by atoms with Crippen molar-refractivity contribution in [3.8, 4) is 0 Å². The average molecular weight is 323 g/mol. The van der Waals surface area contributed by atoms with Crippen LogP contribution in [0.5, 0.6) is 0 Å². The Hall–Kier alpha value is -1.62. The zero-order chi connectivity index (χ0) is 13.7. The van der Waals surface area contributed by atoms with Crippen molar-refractivity contribution in [1.82, 2.24) is 10.5 Å². The second kappa shape index (κ2) is 6.52. The fourth-order valence-electron chi connectivity index (χ4n) is 1.86. The molecule has 100 valence electrons. The maximum atomic E-state index is 11.8. The number of aromatic nitrogens is 1. The van der Waals surface area contributed by atoms with Gasteiger partial charge in [0.1, 0.15) is 6.26 Å². The van der Waals surface area contributed by atoms with Gasteiger partial charge in [-0.1, -0.05) is 39.3 Å². The molecule has 1 N–H and O–H groups in total. The van der Waals surface area contributed by atoms with Gasteiger partial charge < -0.3 is 9.84 Å². The number of hydrogen-bond donors (Lipinski definition) is 1. The van der Waals surface area contributed by atoms with Crippen LogP contribution >= 0.6 is 15.9 Å². The summed E-state index contributed by atoms with van der Waals surface area (Å²) in [4.78, 5) is 11.8. The van der Waals surface area contributed by atoms with Crippen molar-refractivity contribution in [2.24, 2.45) is 0 Å². The number of carbonyl (C=O) groups is 1. The molecule has 0 saturated carbocycles. The Bertz CT molecular complexity index is 540. The molecular formula is C14H15BrN2O2. The third-order valence-electron chi connectivity index (χ3n) is 2.72. The van der Waals surface area contributed by atoms with Crippen LogP contribution in [-0.4, -0.2) is 17.1 Å². The molecule has 2 aromatic rings. The van der Waals surface area contributed by atoms with Gasteiger partial charge in [-0.15, -0.1) is 0 Å². The molecule has 1 aromatic carbocycles. The maximum absolute atomic E-state index is 11.8. The standard InChI is InChI=1S/C14H15BrN2O2/c1-10(8-11-4-2-3-5-13(11)15)16-14(18)9-12-6-7-19-17-12/h2-7,10H,8-9H2,1H3,(H,16,18)/t10-/m0/s1. The van der Waals surface area contributed by atoms with E-state index in [0.29, 0.717) is 5.69 Å². The molecule has 0 radical (unpaired) electrons. The van der Waals surface area contributed by atoms with E-state index in [-0.39, 0.29) is 18.4 Å². The number of nitrogens with one attached hydrogen (secondary N) is 1. The van der Waals surface area contributed by atoms with Crippen LogP contribution in [0.1, 0.15) is 18.2 Å². The number of benzene rings is 1. The SMILES string of the molecule is C[C@@H](Cc1ccccc1Br)NC(=O)Cc1ccon1. The topological polar surface area (TPSA) is 55.1 Å². The number of hydrogen-bond acceptors (Lipinski definition) is 3. The van der Waals surface area contributed by atoms with Gasteiger partial charge in [0.2, 0.25) is 5.91 Å².